The van der Waals surface area contributed by atoms with Crippen molar-refractivity contribution in [2.45, 2.75) is 13.8 Å². The third kappa shape index (κ3) is 3.57. The van der Waals surface area contributed by atoms with E-state index in [9.17, 15) is 24.1 Å². The molecular formula is C22H16FN3O5. The highest BCUT2D eigenvalue weighted by molar-refractivity contribution is 6.31. The number of benzene rings is 2. The molecule has 0 spiro atoms. The fourth-order valence-corrected chi connectivity index (χ4v) is 3.28. The Kier molecular flexibility index (Phi) is 4.86. The van der Waals surface area contributed by atoms with Crippen molar-refractivity contribution < 1.29 is 23.3 Å². The number of amides is 2. The van der Waals surface area contributed by atoms with E-state index in [1.807, 2.05) is 0 Å². The average molecular weight is 421 g/mol. The average Bonchev–Trinajstić information content (AvgIpc) is 3.30. The summed E-state index contributed by atoms with van der Waals surface area (Å²) in [6.07, 6.45) is 1.26. The van der Waals surface area contributed by atoms with E-state index in [4.69, 9.17) is 4.42 Å². The van der Waals surface area contributed by atoms with Gasteiger partial charge in [0.1, 0.15) is 22.9 Å². The molecule has 0 atom stereocenters. The molecule has 0 aliphatic carbocycles. The van der Waals surface area contributed by atoms with Gasteiger partial charge in [-0.05, 0) is 68.0 Å². The number of aryl methyl sites for hydroxylation is 1. The topological polar surface area (TPSA) is 106 Å². The van der Waals surface area contributed by atoms with Gasteiger partial charge >= 0.3 is 0 Å². The summed E-state index contributed by atoms with van der Waals surface area (Å²) in [6, 6.07) is 11.5. The van der Waals surface area contributed by atoms with Gasteiger partial charge in [-0.2, -0.15) is 0 Å². The Bertz CT molecular complexity index is 1260. The van der Waals surface area contributed by atoms with Crippen molar-refractivity contribution in [2.24, 2.45) is 0 Å². The second-order valence-corrected chi connectivity index (χ2v) is 6.98. The first-order valence-electron chi connectivity index (χ1n) is 9.24. The van der Waals surface area contributed by atoms with E-state index in [1.54, 1.807) is 32.0 Å². The number of hydrazine groups is 1. The minimum atomic E-state index is -0.649. The van der Waals surface area contributed by atoms with E-state index in [2.05, 4.69) is 5.43 Å². The first kappa shape index (κ1) is 20.0. The van der Waals surface area contributed by atoms with Crippen LogP contribution in [-0.2, 0) is 9.59 Å². The van der Waals surface area contributed by atoms with Gasteiger partial charge in [0, 0.05) is 5.56 Å². The van der Waals surface area contributed by atoms with Gasteiger partial charge in [-0.25, -0.2) is 9.40 Å². The van der Waals surface area contributed by atoms with Crippen molar-refractivity contribution in [1.82, 2.24) is 5.43 Å². The van der Waals surface area contributed by atoms with Crippen LogP contribution in [0.3, 0.4) is 0 Å². The highest BCUT2D eigenvalue weighted by Crippen LogP contribution is 2.35. The van der Waals surface area contributed by atoms with E-state index in [0.29, 0.717) is 16.8 Å². The van der Waals surface area contributed by atoms with Gasteiger partial charge in [-0.3, -0.25) is 25.1 Å². The molecule has 1 N–H and O–H groups in total. The fourth-order valence-electron chi connectivity index (χ4n) is 3.28. The maximum Gasteiger partial charge on any atom is 0.283 e. The van der Waals surface area contributed by atoms with Crippen LogP contribution in [0.25, 0.3) is 17.4 Å². The summed E-state index contributed by atoms with van der Waals surface area (Å²) in [6.45, 7) is 3.44. The van der Waals surface area contributed by atoms with E-state index in [0.717, 1.165) is 10.6 Å². The Morgan fingerprint density at radius 1 is 1.06 bits per heavy atom. The zero-order chi connectivity index (χ0) is 22.3. The highest BCUT2D eigenvalue weighted by atomic mass is 19.1. The van der Waals surface area contributed by atoms with Gasteiger partial charge in [0.2, 0.25) is 0 Å². The number of halogens is 1. The van der Waals surface area contributed by atoms with Crippen molar-refractivity contribution in [3.63, 3.8) is 0 Å². The number of nitro benzene ring substituents is 1. The number of hydrogen-bond donors (Lipinski definition) is 1. The second kappa shape index (κ2) is 7.52. The van der Waals surface area contributed by atoms with Gasteiger partial charge in [0.15, 0.2) is 0 Å². The summed E-state index contributed by atoms with van der Waals surface area (Å²) >= 11 is 0. The Morgan fingerprint density at radius 3 is 2.45 bits per heavy atom. The first-order chi connectivity index (χ1) is 14.8. The van der Waals surface area contributed by atoms with Gasteiger partial charge in [0.05, 0.1) is 16.2 Å². The smallest absolute Gasteiger partial charge is 0.283 e. The normalized spacial score (nSPS) is 14.9. The van der Waals surface area contributed by atoms with Crippen molar-refractivity contribution in [3.05, 3.63) is 86.9 Å². The lowest BCUT2D eigenvalue weighted by Crippen LogP contribution is -2.35. The van der Waals surface area contributed by atoms with Crippen LogP contribution in [0.5, 0.6) is 0 Å². The summed E-state index contributed by atoms with van der Waals surface area (Å²) in [5.74, 6) is -1.33. The fraction of sp³-hybridized carbons (Fsp3) is 0.0909. The lowest BCUT2D eigenvalue weighted by Gasteiger charge is -2.14. The Balaban J connectivity index is 1.67. The summed E-state index contributed by atoms with van der Waals surface area (Å²) in [7, 11) is 0. The van der Waals surface area contributed by atoms with Gasteiger partial charge in [-0.15, -0.1) is 0 Å². The molecule has 3 aromatic rings. The van der Waals surface area contributed by atoms with Crippen LogP contribution in [0.2, 0.25) is 0 Å². The molecular weight excluding hydrogens is 405 g/mol. The number of carbonyl (C=O) groups is 2. The van der Waals surface area contributed by atoms with Crippen LogP contribution in [0, 0.1) is 29.8 Å². The molecule has 2 amide bonds. The lowest BCUT2D eigenvalue weighted by molar-refractivity contribution is -0.384. The molecule has 9 heteroatoms. The molecule has 1 fully saturated rings. The number of carbonyl (C=O) groups excluding carboxylic acids is 2. The van der Waals surface area contributed by atoms with E-state index in [-0.39, 0.29) is 22.8 Å². The van der Waals surface area contributed by atoms with Crippen molar-refractivity contribution in [3.8, 4) is 11.3 Å². The number of anilines is 1. The number of rotatable bonds is 4. The maximum absolute atomic E-state index is 13.1. The predicted octanol–water partition coefficient (Wildman–Crippen LogP) is 4.07. The zero-order valence-corrected chi connectivity index (χ0v) is 16.5. The second-order valence-electron chi connectivity index (χ2n) is 6.98. The quantitative estimate of drug-likeness (QED) is 0.296. The summed E-state index contributed by atoms with van der Waals surface area (Å²) in [4.78, 5) is 36.0. The highest BCUT2D eigenvalue weighted by Gasteiger charge is 2.35. The van der Waals surface area contributed by atoms with Crippen LogP contribution in [0.1, 0.15) is 16.9 Å². The molecule has 2 aromatic carbocycles. The van der Waals surface area contributed by atoms with Gasteiger partial charge < -0.3 is 4.42 Å². The third-order valence-corrected chi connectivity index (χ3v) is 5.04. The molecule has 0 bridgehead atoms. The Labute approximate surface area is 175 Å². The zero-order valence-electron chi connectivity index (χ0n) is 16.5. The number of nitrogens with zero attached hydrogens (tertiary/aromatic N) is 2. The van der Waals surface area contributed by atoms with E-state index < -0.39 is 22.6 Å². The van der Waals surface area contributed by atoms with E-state index >= 15 is 0 Å². The van der Waals surface area contributed by atoms with Gasteiger partial charge in [0.25, 0.3) is 17.5 Å². The molecule has 31 heavy (non-hydrogen) atoms. The van der Waals surface area contributed by atoms with Crippen molar-refractivity contribution >= 4 is 29.3 Å². The number of hydrogen-bond acceptors (Lipinski definition) is 5. The monoisotopic (exact) mass is 421 g/mol. The standard InChI is InChI=1S/C22H16FN3O5/c1-12-3-9-17(20(13(12)2)26(29)30)19-10-8-16(31-19)11-18-21(27)24-25(22(18)28)15-6-4-14(23)5-7-15/h3-11H,1-2H3,(H,24,27)/b18-11-. The Hall–Kier alpha value is -4.27. The summed E-state index contributed by atoms with van der Waals surface area (Å²) in [5, 5.41) is 12.6. The first-order valence-corrected chi connectivity index (χ1v) is 9.24. The largest absolute Gasteiger partial charge is 0.456 e. The third-order valence-electron chi connectivity index (χ3n) is 5.04. The molecule has 0 unspecified atom stereocenters. The summed E-state index contributed by atoms with van der Waals surface area (Å²) in [5.41, 5.74) is 4.07. The maximum atomic E-state index is 13.1. The molecule has 0 saturated carbocycles. The molecule has 1 aliphatic rings. The Morgan fingerprint density at radius 2 is 1.77 bits per heavy atom. The molecule has 4 rings (SSSR count). The van der Waals surface area contributed by atoms with Crippen molar-refractivity contribution in [1.29, 1.82) is 0 Å². The molecule has 0 radical (unpaired) electrons. The van der Waals surface area contributed by atoms with Crippen LogP contribution in [0.4, 0.5) is 15.8 Å². The lowest BCUT2D eigenvalue weighted by atomic mass is 10.0. The van der Waals surface area contributed by atoms with Crippen LogP contribution in [0.15, 0.2) is 58.5 Å². The predicted molar refractivity (Wildman–Crippen MR) is 110 cm³/mol. The molecule has 1 aliphatic heterocycles. The van der Waals surface area contributed by atoms with Gasteiger partial charge in [-0.1, -0.05) is 6.07 Å². The molecule has 1 aromatic heterocycles. The molecule has 8 nitrogen and oxygen atoms in total. The minimum Gasteiger partial charge on any atom is -0.456 e. The van der Waals surface area contributed by atoms with Crippen LogP contribution < -0.4 is 10.4 Å². The molecule has 2 heterocycles. The minimum absolute atomic E-state index is 0.0641. The number of furan rings is 1. The molecule has 156 valence electrons. The van der Waals surface area contributed by atoms with E-state index in [1.165, 1.54) is 36.4 Å². The van der Waals surface area contributed by atoms with Crippen LogP contribution >= 0.6 is 0 Å². The van der Waals surface area contributed by atoms with Crippen molar-refractivity contribution in [2.75, 3.05) is 5.01 Å². The summed E-state index contributed by atoms with van der Waals surface area (Å²) < 4.78 is 18.8. The van der Waals surface area contributed by atoms with Crippen LogP contribution in [-0.4, -0.2) is 16.7 Å². The molecule has 1 saturated heterocycles. The SMILES string of the molecule is Cc1ccc(-c2ccc(/C=C3/C(=O)NN(c4ccc(F)cc4)C3=O)o2)c([N+](=O)[O-])c1C. The number of nitrogens with one attached hydrogen (secondary N) is 1. The number of nitro groups is 1.